The van der Waals surface area contributed by atoms with Crippen molar-refractivity contribution >= 4 is 29.3 Å². The number of hydrogen-bond donors (Lipinski definition) is 0. The molecule has 2 heterocycles. The lowest BCUT2D eigenvalue weighted by atomic mass is 9.95. The average molecular weight is 304 g/mol. The largest absolute Gasteiger partial charge is 0.450 e. The zero-order chi connectivity index (χ0) is 13.8. The minimum Gasteiger partial charge on any atom is -0.450 e. The molecule has 0 spiro atoms. The summed E-state index contributed by atoms with van der Waals surface area (Å²) in [6.45, 7) is 3.46. The number of carbonyl (C=O) groups is 1. The Balaban J connectivity index is 2.10. The number of carbonyl (C=O) groups excluding carboxylic acids is 1. The third-order valence-electron chi connectivity index (χ3n) is 3.05. The van der Waals surface area contributed by atoms with Crippen molar-refractivity contribution < 1.29 is 9.53 Å². The second-order valence-corrected chi connectivity index (χ2v) is 5.09. The molecular formula is C12H15Cl2N3O2. The Morgan fingerprint density at radius 2 is 2.32 bits per heavy atom. The topological polar surface area (TPSA) is 55.3 Å². The van der Waals surface area contributed by atoms with E-state index >= 15 is 0 Å². The van der Waals surface area contributed by atoms with E-state index < -0.39 is 0 Å². The molecule has 1 aliphatic rings. The fourth-order valence-corrected chi connectivity index (χ4v) is 2.64. The van der Waals surface area contributed by atoms with E-state index in [-0.39, 0.29) is 17.3 Å². The maximum absolute atomic E-state index is 11.7. The van der Waals surface area contributed by atoms with Crippen molar-refractivity contribution in [1.82, 2.24) is 14.9 Å². The lowest BCUT2D eigenvalue weighted by Gasteiger charge is -2.31. The van der Waals surface area contributed by atoms with Crippen LogP contribution in [0.3, 0.4) is 0 Å². The summed E-state index contributed by atoms with van der Waals surface area (Å²) in [5.74, 6) is 0.121. The number of nitrogens with zero attached hydrogens (tertiary/aromatic N) is 3. The molecule has 1 saturated heterocycles. The van der Waals surface area contributed by atoms with Gasteiger partial charge in [-0.2, -0.15) is 0 Å². The molecule has 1 aliphatic heterocycles. The molecule has 0 aromatic carbocycles. The highest BCUT2D eigenvalue weighted by Crippen LogP contribution is 2.27. The predicted molar refractivity (Wildman–Crippen MR) is 72.6 cm³/mol. The van der Waals surface area contributed by atoms with Gasteiger partial charge in [0.2, 0.25) is 5.28 Å². The number of piperidine rings is 1. The molecule has 0 saturated carbocycles. The summed E-state index contributed by atoms with van der Waals surface area (Å²) in [4.78, 5) is 21.4. The molecule has 0 radical (unpaired) electrons. The Hall–Kier alpha value is -1.07. The molecule has 1 unspecified atom stereocenters. The van der Waals surface area contributed by atoms with Crippen LogP contribution in [0.15, 0.2) is 6.07 Å². The van der Waals surface area contributed by atoms with E-state index in [2.05, 4.69) is 9.97 Å². The molecule has 0 aliphatic carbocycles. The normalized spacial score (nSPS) is 19.3. The zero-order valence-electron chi connectivity index (χ0n) is 10.6. The quantitative estimate of drug-likeness (QED) is 0.622. The zero-order valence-corrected chi connectivity index (χ0v) is 12.1. The number of amides is 1. The minimum atomic E-state index is -0.279. The smallest absolute Gasteiger partial charge is 0.409 e. The molecule has 7 heteroatoms. The van der Waals surface area contributed by atoms with Crippen molar-refractivity contribution in [2.24, 2.45) is 0 Å². The Morgan fingerprint density at radius 1 is 1.53 bits per heavy atom. The van der Waals surface area contributed by atoms with E-state index in [0.29, 0.717) is 24.8 Å². The number of hydrogen-bond acceptors (Lipinski definition) is 4. The highest BCUT2D eigenvalue weighted by Gasteiger charge is 2.26. The van der Waals surface area contributed by atoms with Gasteiger partial charge < -0.3 is 9.64 Å². The van der Waals surface area contributed by atoms with Gasteiger partial charge in [0, 0.05) is 19.0 Å². The maximum Gasteiger partial charge on any atom is 0.409 e. The average Bonchev–Trinajstić information content (AvgIpc) is 2.38. The Morgan fingerprint density at radius 3 is 3.00 bits per heavy atom. The third-order valence-corrected chi connectivity index (χ3v) is 3.42. The van der Waals surface area contributed by atoms with Crippen molar-refractivity contribution in [2.45, 2.75) is 25.7 Å². The lowest BCUT2D eigenvalue weighted by Crippen LogP contribution is -2.39. The second-order valence-electron chi connectivity index (χ2n) is 4.37. The molecule has 2 rings (SSSR count). The fraction of sp³-hybridized carbons (Fsp3) is 0.583. The van der Waals surface area contributed by atoms with Crippen LogP contribution in [0.25, 0.3) is 0 Å². The summed E-state index contributed by atoms with van der Waals surface area (Å²) < 4.78 is 5.02. The van der Waals surface area contributed by atoms with Gasteiger partial charge in [-0.15, -0.1) is 0 Å². The molecular weight excluding hydrogens is 289 g/mol. The number of halogens is 2. The van der Waals surface area contributed by atoms with Crippen LogP contribution in [0.4, 0.5) is 4.79 Å². The molecule has 5 nitrogen and oxygen atoms in total. The molecule has 1 fully saturated rings. The van der Waals surface area contributed by atoms with E-state index in [0.717, 1.165) is 18.5 Å². The van der Waals surface area contributed by atoms with Crippen LogP contribution < -0.4 is 0 Å². The van der Waals surface area contributed by atoms with Crippen LogP contribution in [0.1, 0.15) is 31.4 Å². The van der Waals surface area contributed by atoms with Gasteiger partial charge in [-0.05, 0) is 37.4 Å². The van der Waals surface area contributed by atoms with Crippen LogP contribution >= 0.6 is 23.2 Å². The Bertz CT molecular complexity index is 450. The first-order chi connectivity index (χ1) is 9.10. The summed E-state index contributed by atoms with van der Waals surface area (Å²) in [6, 6.07) is 1.70. The predicted octanol–water partition coefficient (Wildman–Crippen LogP) is 3.12. The van der Waals surface area contributed by atoms with Gasteiger partial charge >= 0.3 is 6.09 Å². The number of likely N-dealkylation sites (tertiary alicyclic amines) is 1. The SMILES string of the molecule is CCOC(=O)N1CCCC(c2cc(Cl)nc(Cl)n2)C1. The monoisotopic (exact) mass is 303 g/mol. The standard InChI is InChI=1S/C12H15Cl2N3O2/c1-2-19-12(18)17-5-3-4-8(7-17)9-6-10(13)16-11(14)15-9/h6,8H,2-5,7H2,1H3. The van der Waals surface area contributed by atoms with Crippen LogP contribution in [-0.2, 0) is 4.74 Å². The van der Waals surface area contributed by atoms with Gasteiger partial charge in [0.25, 0.3) is 0 Å². The number of ether oxygens (including phenoxy) is 1. The second kappa shape index (κ2) is 6.39. The van der Waals surface area contributed by atoms with Gasteiger partial charge in [-0.25, -0.2) is 14.8 Å². The first-order valence-corrected chi connectivity index (χ1v) is 6.97. The van der Waals surface area contributed by atoms with Crippen molar-refractivity contribution in [1.29, 1.82) is 0 Å². The van der Waals surface area contributed by atoms with Gasteiger partial charge in [-0.1, -0.05) is 11.6 Å². The van der Waals surface area contributed by atoms with Crippen molar-refractivity contribution in [2.75, 3.05) is 19.7 Å². The Labute approximate surface area is 121 Å². The summed E-state index contributed by atoms with van der Waals surface area (Å²) in [5, 5.41) is 0.457. The van der Waals surface area contributed by atoms with E-state index in [1.165, 1.54) is 0 Å². The minimum absolute atomic E-state index is 0.121. The third kappa shape index (κ3) is 3.70. The van der Waals surface area contributed by atoms with E-state index in [1.54, 1.807) is 17.9 Å². The van der Waals surface area contributed by atoms with Gasteiger partial charge in [0.1, 0.15) is 5.15 Å². The van der Waals surface area contributed by atoms with E-state index in [4.69, 9.17) is 27.9 Å². The summed E-state index contributed by atoms with van der Waals surface area (Å²) in [7, 11) is 0. The van der Waals surface area contributed by atoms with Crippen molar-refractivity contribution in [3.8, 4) is 0 Å². The molecule has 0 N–H and O–H groups in total. The molecule has 1 aromatic rings. The van der Waals surface area contributed by atoms with Gasteiger partial charge in [0.15, 0.2) is 0 Å². The van der Waals surface area contributed by atoms with Gasteiger partial charge in [0.05, 0.1) is 12.3 Å². The van der Waals surface area contributed by atoms with Crippen molar-refractivity contribution in [3.63, 3.8) is 0 Å². The van der Waals surface area contributed by atoms with Crippen LogP contribution in [0, 0.1) is 0 Å². The van der Waals surface area contributed by atoms with E-state index in [1.807, 2.05) is 0 Å². The molecule has 19 heavy (non-hydrogen) atoms. The number of aromatic nitrogens is 2. The number of rotatable bonds is 2. The van der Waals surface area contributed by atoms with E-state index in [9.17, 15) is 4.79 Å². The summed E-state index contributed by atoms with van der Waals surface area (Å²) in [5.41, 5.74) is 0.777. The highest BCUT2D eigenvalue weighted by atomic mass is 35.5. The van der Waals surface area contributed by atoms with Crippen LogP contribution in [0.2, 0.25) is 10.4 Å². The van der Waals surface area contributed by atoms with Crippen LogP contribution in [-0.4, -0.2) is 40.7 Å². The first-order valence-electron chi connectivity index (χ1n) is 6.22. The summed E-state index contributed by atoms with van der Waals surface area (Å²) in [6.07, 6.45) is 1.57. The maximum atomic E-state index is 11.7. The highest BCUT2D eigenvalue weighted by molar-refractivity contribution is 6.31. The Kier molecular flexibility index (Phi) is 4.82. The molecule has 1 atom stereocenters. The van der Waals surface area contributed by atoms with Gasteiger partial charge in [-0.3, -0.25) is 0 Å². The molecule has 0 bridgehead atoms. The van der Waals surface area contributed by atoms with Crippen molar-refractivity contribution in [3.05, 3.63) is 22.2 Å². The lowest BCUT2D eigenvalue weighted by molar-refractivity contribution is 0.0955. The first kappa shape index (κ1) is 14.3. The molecule has 104 valence electrons. The summed E-state index contributed by atoms with van der Waals surface area (Å²) >= 11 is 11.7. The molecule has 1 amide bonds. The molecule has 1 aromatic heterocycles. The van der Waals surface area contributed by atoms with Crippen LogP contribution in [0.5, 0.6) is 0 Å². The fourth-order valence-electron chi connectivity index (χ4n) is 2.21.